The third kappa shape index (κ3) is 3.23. The van der Waals surface area contributed by atoms with Crippen LogP contribution in [0.25, 0.3) is 0 Å². The highest BCUT2D eigenvalue weighted by atomic mass is 79.9. The van der Waals surface area contributed by atoms with E-state index < -0.39 is 0 Å². The van der Waals surface area contributed by atoms with E-state index in [4.69, 9.17) is 5.11 Å². The second-order valence-corrected chi connectivity index (χ2v) is 5.02. The fourth-order valence-electron chi connectivity index (χ4n) is 0.892. The number of rotatable bonds is 3. The highest BCUT2D eigenvalue weighted by Gasteiger charge is 2.05. The maximum Gasteiger partial charge on any atom is 0.0630 e. The molecule has 13 heavy (non-hydrogen) atoms. The molecule has 1 aromatic rings. The van der Waals surface area contributed by atoms with Crippen LogP contribution >= 0.6 is 47.8 Å². The molecule has 0 spiro atoms. The zero-order chi connectivity index (χ0) is 9.84. The number of aliphatic hydroxyl groups is 1. The minimum atomic E-state index is 0.120. The summed E-state index contributed by atoms with van der Waals surface area (Å²) in [6.07, 6.45) is 0. The Labute approximate surface area is 102 Å². The highest BCUT2D eigenvalue weighted by molar-refractivity contribution is 9.11. The highest BCUT2D eigenvalue weighted by Crippen LogP contribution is 2.34. The normalized spacial score (nSPS) is 10.2. The number of anilines is 1. The lowest BCUT2D eigenvalue weighted by atomic mass is 10.3. The van der Waals surface area contributed by atoms with E-state index in [1.165, 1.54) is 0 Å². The van der Waals surface area contributed by atoms with E-state index in [0.717, 1.165) is 19.1 Å². The summed E-state index contributed by atoms with van der Waals surface area (Å²) in [7, 11) is 0. The number of aliphatic hydroxyl groups excluding tert-OH is 1. The second kappa shape index (κ2) is 5.34. The first-order chi connectivity index (χ1) is 6.15. The van der Waals surface area contributed by atoms with Gasteiger partial charge >= 0.3 is 0 Å². The molecule has 0 aromatic heterocycles. The molecule has 1 aromatic carbocycles. The Balaban J connectivity index is 2.92. The Morgan fingerprint density at radius 3 is 2.15 bits per heavy atom. The van der Waals surface area contributed by atoms with Gasteiger partial charge in [0.2, 0.25) is 0 Å². The molecule has 0 unspecified atom stereocenters. The molecule has 0 aliphatic heterocycles. The fourth-order valence-corrected chi connectivity index (χ4v) is 3.43. The number of hydrogen-bond donors (Lipinski definition) is 2. The molecule has 0 atom stereocenters. The molecule has 0 heterocycles. The van der Waals surface area contributed by atoms with Gasteiger partial charge in [-0.2, -0.15) is 0 Å². The molecule has 2 N–H and O–H groups in total. The van der Waals surface area contributed by atoms with Crippen LogP contribution in [-0.4, -0.2) is 18.3 Å². The Morgan fingerprint density at radius 1 is 1.15 bits per heavy atom. The minimum absolute atomic E-state index is 0.120. The smallest absolute Gasteiger partial charge is 0.0630 e. The van der Waals surface area contributed by atoms with Crippen LogP contribution in [-0.2, 0) is 0 Å². The van der Waals surface area contributed by atoms with Crippen molar-refractivity contribution in [3.05, 3.63) is 25.6 Å². The van der Waals surface area contributed by atoms with Crippen molar-refractivity contribution in [2.45, 2.75) is 0 Å². The first-order valence-corrected chi connectivity index (χ1v) is 6.02. The molecule has 0 aliphatic carbocycles. The molecule has 0 amide bonds. The predicted molar refractivity (Wildman–Crippen MR) is 65.1 cm³/mol. The molecule has 72 valence electrons. The van der Waals surface area contributed by atoms with Crippen molar-refractivity contribution in [3.8, 4) is 0 Å². The second-order valence-electron chi connectivity index (χ2n) is 2.39. The maximum atomic E-state index is 8.66. The van der Waals surface area contributed by atoms with E-state index in [2.05, 4.69) is 53.1 Å². The number of hydrogen-bond acceptors (Lipinski definition) is 2. The molecule has 1 rings (SSSR count). The van der Waals surface area contributed by atoms with Crippen molar-refractivity contribution in [2.24, 2.45) is 0 Å². The van der Waals surface area contributed by atoms with Gasteiger partial charge in [0.05, 0.1) is 12.3 Å². The average molecular weight is 374 g/mol. The van der Waals surface area contributed by atoms with Crippen LogP contribution in [0.4, 0.5) is 5.69 Å². The monoisotopic (exact) mass is 371 g/mol. The molecular formula is C8H8Br3NO. The van der Waals surface area contributed by atoms with Crippen LogP contribution < -0.4 is 5.32 Å². The van der Waals surface area contributed by atoms with Crippen molar-refractivity contribution in [2.75, 3.05) is 18.5 Å². The van der Waals surface area contributed by atoms with Gasteiger partial charge < -0.3 is 10.4 Å². The fraction of sp³-hybridized carbons (Fsp3) is 0.250. The summed E-state index contributed by atoms with van der Waals surface area (Å²) >= 11 is 10.2. The lowest BCUT2D eigenvalue weighted by Crippen LogP contribution is -2.06. The molecule has 0 radical (unpaired) electrons. The van der Waals surface area contributed by atoms with Crippen LogP contribution in [0.1, 0.15) is 0 Å². The Hall–Kier alpha value is 0.420. The maximum absolute atomic E-state index is 8.66. The third-order valence-electron chi connectivity index (χ3n) is 1.42. The molecule has 0 saturated heterocycles. The summed E-state index contributed by atoms with van der Waals surface area (Å²) in [6, 6.07) is 3.90. The van der Waals surface area contributed by atoms with E-state index in [1.807, 2.05) is 12.1 Å². The molecule has 0 aliphatic rings. The van der Waals surface area contributed by atoms with Gasteiger partial charge in [0.25, 0.3) is 0 Å². The van der Waals surface area contributed by atoms with Crippen molar-refractivity contribution in [3.63, 3.8) is 0 Å². The van der Waals surface area contributed by atoms with Gasteiger partial charge in [0, 0.05) is 20.0 Å². The summed E-state index contributed by atoms with van der Waals surface area (Å²) in [5, 5.41) is 11.8. The van der Waals surface area contributed by atoms with Gasteiger partial charge in [-0.1, -0.05) is 15.9 Å². The van der Waals surface area contributed by atoms with Gasteiger partial charge in [-0.25, -0.2) is 0 Å². The van der Waals surface area contributed by atoms with Crippen LogP contribution in [0.3, 0.4) is 0 Å². The zero-order valence-electron chi connectivity index (χ0n) is 6.65. The number of halogens is 3. The van der Waals surface area contributed by atoms with E-state index >= 15 is 0 Å². The molecule has 0 saturated carbocycles. The van der Waals surface area contributed by atoms with E-state index in [1.54, 1.807) is 0 Å². The molecule has 5 heteroatoms. The first-order valence-electron chi connectivity index (χ1n) is 3.64. The number of nitrogens with one attached hydrogen (secondary N) is 1. The van der Waals surface area contributed by atoms with Crippen LogP contribution in [0.5, 0.6) is 0 Å². The summed E-state index contributed by atoms with van der Waals surface area (Å²) in [5.74, 6) is 0. The zero-order valence-corrected chi connectivity index (χ0v) is 11.4. The molecule has 0 fully saturated rings. The van der Waals surface area contributed by atoms with Gasteiger partial charge in [-0.05, 0) is 44.0 Å². The first kappa shape index (κ1) is 11.5. The van der Waals surface area contributed by atoms with Gasteiger partial charge in [0.15, 0.2) is 0 Å². The van der Waals surface area contributed by atoms with Crippen LogP contribution in [0.2, 0.25) is 0 Å². The van der Waals surface area contributed by atoms with Crippen LogP contribution in [0.15, 0.2) is 25.6 Å². The predicted octanol–water partition coefficient (Wildman–Crippen LogP) is 3.38. The van der Waals surface area contributed by atoms with E-state index in [9.17, 15) is 0 Å². The van der Waals surface area contributed by atoms with Gasteiger partial charge in [-0.15, -0.1) is 0 Å². The average Bonchev–Trinajstić information content (AvgIpc) is 2.02. The van der Waals surface area contributed by atoms with E-state index in [-0.39, 0.29) is 6.61 Å². The Kier molecular flexibility index (Phi) is 4.72. The van der Waals surface area contributed by atoms with Crippen molar-refractivity contribution < 1.29 is 5.11 Å². The standard InChI is InChI=1S/C8H8Br3NO/c9-5-3-6(10)8(7(11)4-5)12-1-2-13/h3-4,12-13H,1-2H2. The lowest BCUT2D eigenvalue weighted by Gasteiger charge is -2.09. The summed E-state index contributed by atoms with van der Waals surface area (Å²) in [6.45, 7) is 0.660. The lowest BCUT2D eigenvalue weighted by molar-refractivity contribution is 0.311. The molecule has 2 nitrogen and oxygen atoms in total. The molecule has 0 bridgehead atoms. The topological polar surface area (TPSA) is 32.3 Å². The summed E-state index contributed by atoms with van der Waals surface area (Å²) < 4.78 is 2.92. The quantitative estimate of drug-likeness (QED) is 0.851. The van der Waals surface area contributed by atoms with Gasteiger partial charge in [0.1, 0.15) is 0 Å². The largest absolute Gasteiger partial charge is 0.395 e. The number of benzene rings is 1. The SMILES string of the molecule is OCCNc1c(Br)cc(Br)cc1Br. The van der Waals surface area contributed by atoms with Crippen molar-refractivity contribution in [1.29, 1.82) is 0 Å². The van der Waals surface area contributed by atoms with Gasteiger partial charge in [-0.3, -0.25) is 0 Å². The minimum Gasteiger partial charge on any atom is -0.395 e. The van der Waals surface area contributed by atoms with Crippen LogP contribution in [0, 0.1) is 0 Å². The van der Waals surface area contributed by atoms with Crippen molar-refractivity contribution >= 4 is 53.5 Å². The summed E-state index contributed by atoms with van der Waals surface area (Å²) in [4.78, 5) is 0. The Morgan fingerprint density at radius 2 is 1.69 bits per heavy atom. The van der Waals surface area contributed by atoms with E-state index in [0.29, 0.717) is 6.54 Å². The third-order valence-corrected chi connectivity index (χ3v) is 3.13. The van der Waals surface area contributed by atoms with Crippen molar-refractivity contribution in [1.82, 2.24) is 0 Å². The summed E-state index contributed by atoms with van der Waals surface area (Å²) in [5.41, 5.74) is 0.956. The Bertz CT molecular complexity index is 280. The molecular weight excluding hydrogens is 366 g/mol.